The first-order chi connectivity index (χ1) is 13.2. The molecule has 0 spiro atoms. The Hall–Kier alpha value is -2.63. The highest BCUT2D eigenvalue weighted by molar-refractivity contribution is 7.98. The number of hydrogen-bond donors (Lipinski definition) is 0. The highest BCUT2D eigenvalue weighted by Crippen LogP contribution is 2.24. The summed E-state index contributed by atoms with van der Waals surface area (Å²) < 4.78 is 1.79. The molecule has 0 aliphatic rings. The second kappa shape index (κ2) is 7.94. The maximum Gasteiger partial charge on any atom is 0.262 e. The maximum absolute atomic E-state index is 13.1. The van der Waals surface area contributed by atoms with Gasteiger partial charge in [0.15, 0.2) is 5.16 Å². The second-order valence-corrected chi connectivity index (χ2v) is 8.09. The summed E-state index contributed by atoms with van der Waals surface area (Å²) in [4.78, 5) is 19.0. The van der Waals surface area contributed by atoms with Gasteiger partial charge in [-0.1, -0.05) is 66.9 Å². The van der Waals surface area contributed by atoms with E-state index in [4.69, 9.17) is 4.98 Å². The predicted molar refractivity (Wildman–Crippen MR) is 116 cm³/mol. The molecule has 4 aromatic rings. The second-order valence-electron chi connectivity index (χ2n) is 6.12. The molecule has 3 nitrogen and oxygen atoms in total. The van der Waals surface area contributed by atoms with Crippen molar-refractivity contribution < 1.29 is 0 Å². The number of benzene rings is 2. The summed E-state index contributed by atoms with van der Waals surface area (Å²) in [5.41, 5.74) is 3.05. The normalized spacial score (nSPS) is 11.0. The van der Waals surface area contributed by atoms with E-state index in [1.54, 1.807) is 27.7 Å². The molecule has 0 aliphatic carbocycles. The zero-order valence-corrected chi connectivity index (χ0v) is 16.3. The number of hydrogen-bond acceptors (Lipinski definition) is 4. The number of aromatic nitrogens is 2. The monoisotopic (exact) mass is 390 g/mol. The van der Waals surface area contributed by atoms with Crippen molar-refractivity contribution in [3.8, 4) is 0 Å². The Bertz CT molecular complexity index is 1130. The molecule has 0 radical (unpaired) electrons. The highest BCUT2D eigenvalue weighted by atomic mass is 32.2. The lowest BCUT2D eigenvalue weighted by atomic mass is 10.1. The summed E-state index contributed by atoms with van der Waals surface area (Å²) in [6, 6.07) is 19.9. The van der Waals surface area contributed by atoms with Crippen LogP contribution in [-0.4, -0.2) is 9.55 Å². The molecule has 0 saturated carbocycles. The van der Waals surface area contributed by atoms with E-state index in [9.17, 15) is 4.79 Å². The number of nitrogens with zero attached hydrogens (tertiary/aromatic N) is 2. The molecule has 0 fully saturated rings. The number of rotatable bonds is 6. The average molecular weight is 391 g/mol. The van der Waals surface area contributed by atoms with Gasteiger partial charge in [0.05, 0.1) is 17.4 Å². The molecule has 134 valence electrons. The third kappa shape index (κ3) is 3.89. The lowest BCUT2D eigenvalue weighted by molar-refractivity contribution is 0.664. The van der Waals surface area contributed by atoms with Crippen molar-refractivity contribution in [1.82, 2.24) is 9.55 Å². The Morgan fingerprint density at radius 2 is 1.89 bits per heavy atom. The number of thioether (sulfide) groups is 1. The summed E-state index contributed by atoms with van der Waals surface area (Å²) in [5, 5.41) is 3.44. The first-order valence-electron chi connectivity index (χ1n) is 8.61. The fraction of sp³-hybridized carbons (Fsp3) is 0.0909. The van der Waals surface area contributed by atoms with Crippen molar-refractivity contribution in [2.75, 3.05) is 0 Å². The third-order valence-corrected chi connectivity index (χ3v) is 6.21. The molecule has 0 atom stereocenters. The van der Waals surface area contributed by atoms with Crippen LogP contribution in [0, 0.1) is 0 Å². The van der Waals surface area contributed by atoms with E-state index in [2.05, 4.69) is 36.9 Å². The lowest BCUT2D eigenvalue weighted by Gasteiger charge is -2.12. The van der Waals surface area contributed by atoms with Crippen LogP contribution >= 0.6 is 23.1 Å². The Labute approximate surface area is 166 Å². The molecule has 5 heteroatoms. The zero-order valence-electron chi connectivity index (χ0n) is 14.7. The summed E-state index contributed by atoms with van der Waals surface area (Å²) in [6.07, 6.45) is 1.83. The van der Waals surface area contributed by atoms with Crippen molar-refractivity contribution in [1.29, 1.82) is 0 Å². The van der Waals surface area contributed by atoms with Gasteiger partial charge in [-0.3, -0.25) is 9.36 Å². The van der Waals surface area contributed by atoms with E-state index in [0.29, 0.717) is 11.9 Å². The molecule has 4 rings (SSSR count). The third-order valence-electron chi connectivity index (χ3n) is 4.30. The SMILES string of the molecule is C=Cc1ccc(CSc2nc3ccccc3c(=O)n2Cc2cccs2)cc1. The summed E-state index contributed by atoms with van der Waals surface area (Å²) >= 11 is 3.25. The van der Waals surface area contributed by atoms with Crippen molar-refractivity contribution in [3.05, 3.63) is 99.0 Å². The van der Waals surface area contributed by atoms with Crippen LogP contribution in [0.5, 0.6) is 0 Å². The predicted octanol–water partition coefficient (Wildman–Crippen LogP) is 5.44. The lowest BCUT2D eigenvalue weighted by Crippen LogP contribution is -2.23. The molecule has 0 bridgehead atoms. The van der Waals surface area contributed by atoms with Crippen LogP contribution in [0.4, 0.5) is 0 Å². The molecular weight excluding hydrogens is 372 g/mol. The van der Waals surface area contributed by atoms with Crippen LogP contribution in [0.1, 0.15) is 16.0 Å². The quantitative estimate of drug-likeness (QED) is 0.325. The van der Waals surface area contributed by atoms with Crippen LogP contribution in [0.3, 0.4) is 0 Å². The maximum atomic E-state index is 13.1. The van der Waals surface area contributed by atoms with Gasteiger partial charge in [0.2, 0.25) is 0 Å². The number of fused-ring (bicyclic) bond motifs is 1. The molecule has 27 heavy (non-hydrogen) atoms. The molecule has 2 aromatic heterocycles. The van der Waals surface area contributed by atoms with Crippen molar-refractivity contribution in [2.24, 2.45) is 0 Å². The van der Waals surface area contributed by atoms with E-state index in [0.717, 1.165) is 26.9 Å². The van der Waals surface area contributed by atoms with Gasteiger partial charge in [0.25, 0.3) is 5.56 Å². The van der Waals surface area contributed by atoms with Crippen LogP contribution in [0.25, 0.3) is 17.0 Å². The van der Waals surface area contributed by atoms with Crippen LogP contribution in [0.15, 0.2) is 82.6 Å². The van der Waals surface area contributed by atoms with Crippen LogP contribution in [0.2, 0.25) is 0 Å². The van der Waals surface area contributed by atoms with E-state index >= 15 is 0 Å². The largest absolute Gasteiger partial charge is 0.282 e. The molecule has 0 unspecified atom stereocenters. The van der Waals surface area contributed by atoms with E-state index in [1.807, 2.05) is 41.8 Å². The average Bonchev–Trinajstić information content (AvgIpc) is 3.22. The molecule has 2 aromatic carbocycles. The van der Waals surface area contributed by atoms with E-state index < -0.39 is 0 Å². The smallest absolute Gasteiger partial charge is 0.262 e. The topological polar surface area (TPSA) is 34.9 Å². The number of thiophene rings is 1. The fourth-order valence-corrected chi connectivity index (χ4v) is 4.50. The minimum Gasteiger partial charge on any atom is -0.282 e. The van der Waals surface area contributed by atoms with Crippen LogP contribution in [-0.2, 0) is 12.3 Å². The Morgan fingerprint density at radius 3 is 2.63 bits per heavy atom. The fourth-order valence-electron chi connectivity index (χ4n) is 2.85. The Balaban J connectivity index is 1.70. The molecular formula is C22H18N2OS2. The van der Waals surface area contributed by atoms with Crippen molar-refractivity contribution in [2.45, 2.75) is 17.5 Å². The van der Waals surface area contributed by atoms with Crippen molar-refractivity contribution in [3.63, 3.8) is 0 Å². The highest BCUT2D eigenvalue weighted by Gasteiger charge is 2.12. The molecule has 0 saturated heterocycles. The van der Waals surface area contributed by atoms with Gasteiger partial charge in [-0.25, -0.2) is 4.98 Å². The zero-order chi connectivity index (χ0) is 18.6. The molecule has 2 heterocycles. The van der Waals surface area contributed by atoms with E-state index in [1.165, 1.54) is 5.56 Å². The van der Waals surface area contributed by atoms with Crippen LogP contribution < -0.4 is 5.56 Å². The van der Waals surface area contributed by atoms with Gasteiger partial charge >= 0.3 is 0 Å². The molecule has 0 amide bonds. The van der Waals surface area contributed by atoms with Crippen molar-refractivity contribution >= 4 is 40.1 Å². The summed E-state index contributed by atoms with van der Waals surface area (Å²) in [5.74, 6) is 0.757. The van der Waals surface area contributed by atoms with E-state index in [-0.39, 0.29) is 5.56 Å². The van der Waals surface area contributed by atoms with Gasteiger partial charge in [0, 0.05) is 10.6 Å². The first kappa shape index (κ1) is 17.8. The van der Waals surface area contributed by atoms with Gasteiger partial charge in [-0.15, -0.1) is 11.3 Å². The standard InChI is InChI=1S/C22H18N2OS2/c1-2-16-9-11-17(12-10-16)15-27-22-23-20-8-4-3-7-19(20)21(25)24(22)14-18-6-5-13-26-18/h2-13H,1,14-15H2. The minimum atomic E-state index is 0.0125. The first-order valence-corrected chi connectivity index (χ1v) is 10.5. The Kier molecular flexibility index (Phi) is 5.23. The van der Waals surface area contributed by atoms with Gasteiger partial charge < -0.3 is 0 Å². The Morgan fingerprint density at radius 1 is 1.07 bits per heavy atom. The summed E-state index contributed by atoms with van der Waals surface area (Å²) in [6.45, 7) is 4.34. The van der Waals surface area contributed by atoms with Gasteiger partial charge in [-0.05, 0) is 34.7 Å². The molecule has 0 aliphatic heterocycles. The molecule has 0 N–H and O–H groups in total. The number of para-hydroxylation sites is 1. The minimum absolute atomic E-state index is 0.0125. The van der Waals surface area contributed by atoms with Gasteiger partial charge in [0.1, 0.15) is 0 Å². The van der Waals surface area contributed by atoms with Gasteiger partial charge in [-0.2, -0.15) is 0 Å². The summed E-state index contributed by atoms with van der Waals surface area (Å²) in [7, 11) is 0.